The van der Waals surface area contributed by atoms with E-state index in [-0.39, 0.29) is 5.91 Å². The largest absolute Gasteiger partial charge is 0.356 e. The molecule has 1 heterocycles. The number of carbonyl (C=O) groups is 1. The van der Waals surface area contributed by atoms with Gasteiger partial charge in [-0.15, -0.1) is 11.3 Å². The smallest absolute Gasteiger partial charge is 0.251 e. The zero-order chi connectivity index (χ0) is 18.8. The molecule has 0 bridgehead atoms. The van der Waals surface area contributed by atoms with Crippen LogP contribution in [0.2, 0.25) is 0 Å². The number of guanidine groups is 1. The van der Waals surface area contributed by atoms with Crippen molar-refractivity contribution in [3.8, 4) is 0 Å². The molecule has 6 nitrogen and oxygen atoms in total. The van der Waals surface area contributed by atoms with Crippen molar-refractivity contribution in [3.63, 3.8) is 0 Å². The van der Waals surface area contributed by atoms with Crippen LogP contribution >= 0.6 is 11.3 Å². The highest BCUT2D eigenvalue weighted by molar-refractivity contribution is 7.11. The van der Waals surface area contributed by atoms with Crippen molar-refractivity contribution >= 4 is 23.2 Å². The van der Waals surface area contributed by atoms with Crippen molar-refractivity contribution in [1.29, 1.82) is 0 Å². The molecule has 0 saturated heterocycles. The summed E-state index contributed by atoms with van der Waals surface area (Å²) in [5.41, 5.74) is 1.72. The van der Waals surface area contributed by atoms with Crippen LogP contribution in [0.1, 0.15) is 39.2 Å². The molecule has 3 N–H and O–H groups in total. The Morgan fingerprint density at radius 2 is 2.08 bits per heavy atom. The Labute approximate surface area is 159 Å². The Bertz CT molecular complexity index is 741. The first-order valence-corrected chi connectivity index (χ1v) is 9.67. The molecule has 26 heavy (non-hydrogen) atoms. The van der Waals surface area contributed by atoms with Crippen molar-refractivity contribution in [1.82, 2.24) is 20.9 Å². The first-order valence-electron chi connectivity index (χ1n) is 8.85. The van der Waals surface area contributed by atoms with E-state index in [4.69, 9.17) is 0 Å². The van der Waals surface area contributed by atoms with Gasteiger partial charge in [-0.05, 0) is 31.0 Å². The molecule has 0 unspecified atom stereocenters. The van der Waals surface area contributed by atoms with Crippen molar-refractivity contribution in [2.24, 2.45) is 4.99 Å². The average Bonchev–Trinajstić information content (AvgIpc) is 3.07. The van der Waals surface area contributed by atoms with E-state index in [0.717, 1.165) is 35.9 Å². The molecule has 0 atom stereocenters. The highest BCUT2D eigenvalue weighted by Gasteiger charge is 2.06. The molecule has 1 aromatic heterocycles. The fourth-order valence-electron chi connectivity index (χ4n) is 2.37. The molecule has 0 aliphatic rings. The summed E-state index contributed by atoms with van der Waals surface area (Å²) >= 11 is 1.72. The van der Waals surface area contributed by atoms with Gasteiger partial charge in [-0.3, -0.25) is 9.79 Å². The van der Waals surface area contributed by atoms with Crippen LogP contribution in [0.3, 0.4) is 0 Å². The number of thiazole rings is 1. The van der Waals surface area contributed by atoms with Crippen LogP contribution in [0.25, 0.3) is 0 Å². The molecule has 7 heteroatoms. The summed E-state index contributed by atoms with van der Waals surface area (Å²) in [7, 11) is 1.75. The zero-order valence-corrected chi connectivity index (χ0v) is 16.4. The maximum atomic E-state index is 12.1. The van der Waals surface area contributed by atoms with E-state index in [1.54, 1.807) is 18.4 Å². The summed E-state index contributed by atoms with van der Waals surface area (Å²) in [4.78, 5) is 21.9. The first kappa shape index (κ1) is 19.9. The molecule has 2 aromatic rings. The van der Waals surface area contributed by atoms with E-state index in [2.05, 4.69) is 32.9 Å². The number of aliphatic imine (C=N–C) groups is 1. The highest BCUT2D eigenvalue weighted by atomic mass is 32.1. The quantitative estimate of drug-likeness (QED) is 0.491. The molecule has 0 aliphatic carbocycles. The fraction of sp³-hybridized carbons (Fsp3) is 0.421. The summed E-state index contributed by atoms with van der Waals surface area (Å²) in [6, 6.07) is 7.63. The van der Waals surface area contributed by atoms with Gasteiger partial charge in [0.25, 0.3) is 5.91 Å². The molecular weight excluding hydrogens is 346 g/mol. The molecule has 0 saturated carbocycles. The monoisotopic (exact) mass is 373 g/mol. The van der Waals surface area contributed by atoms with E-state index in [0.29, 0.717) is 18.7 Å². The lowest BCUT2D eigenvalue weighted by molar-refractivity contribution is 0.0953. The van der Waals surface area contributed by atoms with Gasteiger partial charge in [-0.2, -0.15) is 0 Å². The van der Waals surface area contributed by atoms with Gasteiger partial charge in [0, 0.05) is 49.7 Å². The van der Waals surface area contributed by atoms with Gasteiger partial charge < -0.3 is 16.0 Å². The minimum atomic E-state index is -0.0325. The third-order valence-corrected chi connectivity index (χ3v) is 4.68. The molecule has 2 rings (SSSR count). The van der Waals surface area contributed by atoms with Crippen LogP contribution in [0.15, 0.2) is 35.5 Å². The second-order valence-corrected chi connectivity index (χ2v) is 7.24. The van der Waals surface area contributed by atoms with E-state index < -0.39 is 0 Å². The number of aromatic nitrogens is 1. The maximum absolute atomic E-state index is 12.1. The van der Waals surface area contributed by atoms with Gasteiger partial charge >= 0.3 is 0 Å². The molecule has 0 fully saturated rings. The summed E-state index contributed by atoms with van der Waals surface area (Å²) < 4.78 is 0. The van der Waals surface area contributed by atoms with Crippen LogP contribution < -0.4 is 16.0 Å². The molecule has 1 aromatic carbocycles. The van der Waals surface area contributed by atoms with E-state index >= 15 is 0 Å². The van der Waals surface area contributed by atoms with Gasteiger partial charge in [0.05, 0.1) is 5.01 Å². The number of hydrogen-bond acceptors (Lipinski definition) is 4. The molecule has 0 spiro atoms. The SMILES string of the molecule is CCCNC(=O)c1cccc(CNC(=NC)NCCc2ncc(C)s2)c1. The molecule has 0 radical (unpaired) electrons. The van der Waals surface area contributed by atoms with Gasteiger partial charge in [0.2, 0.25) is 0 Å². The summed E-state index contributed by atoms with van der Waals surface area (Å²) in [5, 5.41) is 10.6. The van der Waals surface area contributed by atoms with Crippen LogP contribution in [0, 0.1) is 6.92 Å². The Kier molecular flexibility index (Phi) is 8.08. The van der Waals surface area contributed by atoms with Gasteiger partial charge in [-0.25, -0.2) is 4.98 Å². The lowest BCUT2D eigenvalue weighted by Gasteiger charge is -2.12. The molecule has 0 aliphatic heterocycles. The predicted octanol–water partition coefficient (Wildman–Crippen LogP) is 2.50. The molecule has 140 valence electrons. The predicted molar refractivity (Wildman–Crippen MR) is 108 cm³/mol. The van der Waals surface area contributed by atoms with Gasteiger partial charge in [0.1, 0.15) is 0 Å². The molecule has 1 amide bonds. The van der Waals surface area contributed by atoms with Crippen molar-refractivity contribution < 1.29 is 4.79 Å². The number of hydrogen-bond donors (Lipinski definition) is 3. The number of aryl methyl sites for hydroxylation is 1. The third kappa shape index (κ3) is 6.48. The standard InChI is InChI=1S/C19H27N5OS/c1-4-9-21-18(25)16-7-5-6-15(11-16)13-24-19(20-3)22-10-8-17-23-12-14(2)26-17/h5-7,11-12H,4,8-10,13H2,1-3H3,(H,21,25)(H2,20,22,24). The highest BCUT2D eigenvalue weighted by Crippen LogP contribution is 2.11. The van der Waals surface area contributed by atoms with Gasteiger partial charge in [-0.1, -0.05) is 19.1 Å². The van der Waals surface area contributed by atoms with E-state index in [1.807, 2.05) is 37.4 Å². The van der Waals surface area contributed by atoms with Gasteiger partial charge in [0.15, 0.2) is 5.96 Å². The Morgan fingerprint density at radius 1 is 1.23 bits per heavy atom. The minimum absolute atomic E-state index is 0.0325. The summed E-state index contributed by atoms with van der Waals surface area (Å²) in [6.07, 6.45) is 3.69. The number of rotatable bonds is 8. The van der Waals surface area contributed by atoms with E-state index in [1.165, 1.54) is 4.88 Å². The molecular formula is C19H27N5OS. The van der Waals surface area contributed by atoms with Crippen LogP contribution in [0.4, 0.5) is 0 Å². The van der Waals surface area contributed by atoms with Crippen molar-refractivity contribution in [2.75, 3.05) is 20.1 Å². The van der Waals surface area contributed by atoms with Crippen LogP contribution in [-0.4, -0.2) is 37.0 Å². The maximum Gasteiger partial charge on any atom is 0.251 e. The average molecular weight is 374 g/mol. The Balaban J connectivity index is 1.81. The third-order valence-electron chi connectivity index (χ3n) is 3.71. The number of amides is 1. The first-order chi connectivity index (χ1) is 12.6. The Hall–Kier alpha value is -2.41. The van der Waals surface area contributed by atoms with E-state index in [9.17, 15) is 4.79 Å². The minimum Gasteiger partial charge on any atom is -0.356 e. The van der Waals surface area contributed by atoms with Crippen molar-refractivity contribution in [3.05, 3.63) is 51.5 Å². The normalized spacial score (nSPS) is 11.3. The second-order valence-electron chi connectivity index (χ2n) is 5.92. The number of benzene rings is 1. The lowest BCUT2D eigenvalue weighted by atomic mass is 10.1. The summed E-state index contributed by atoms with van der Waals surface area (Å²) in [6.45, 7) is 6.16. The van der Waals surface area contributed by atoms with Crippen molar-refractivity contribution in [2.45, 2.75) is 33.2 Å². The lowest BCUT2D eigenvalue weighted by Crippen LogP contribution is -2.37. The van der Waals surface area contributed by atoms with Crippen LogP contribution in [0.5, 0.6) is 0 Å². The Morgan fingerprint density at radius 3 is 2.77 bits per heavy atom. The number of nitrogens with one attached hydrogen (secondary N) is 3. The second kappa shape index (κ2) is 10.6. The van der Waals surface area contributed by atoms with Crippen LogP contribution in [-0.2, 0) is 13.0 Å². The number of nitrogens with zero attached hydrogens (tertiary/aromatic N) is 2. The zero-order valence-electron chi connectivity index (χ0n) is 15.6. The topological polar surface area (TPSA) is 78.4 Å². The number of carbonyl (C=O) groups excluding carboxylic acids is 1. The summed E-state index contributed by atoms with van der Waals surface area (Å²) in [5.74, 6) is 0.703. The fourth-order valence-corrected chi connectivity index (χ4v) is 3.16.